The van der Waals surface area contributed by atoms with Gasteiger partial charge in [0.15, 0.2) is 11.5 Å². The quantitative estimate of drug-likeness (QED) is 0.844. The number of ether oxygens (including phenoxy) is 3. The fourth-order valence-electron chi connectivity index (χ4n) is 2.73. The molecule has 4 nitrogen and oxygen atoms in total. The number of hydrogen-bond acceptors (Lipinski definition) is 4. The molecule has 2 aliphatic rings. The van der Waals surface area contributed by atoms with E-state index in [0.717, 1.165) is 56.0 Å². The third-order valence-corrected chi connectivity index (χ3v) is 3.93. The van der Waals surface area contributed by atoms with Crippen LogP contribution in [0.1, 0.15) is 31.2 Å². The first kappa shape index (κ1) is 12.8. The Labute approximate surface area is 113 Å². The molecule has 0 bridgehead atoms. The minimum atomic E-state index is -0.304. The fourth-order valence-corrected chi connectivity index (χ4v) is 2.73. The van der Waals surface area contributed by atoms with Gasteiger partial charge in [-0.3, -0.25) is 0 Å². The summed E-state index contributed by atoms with van der Waals surface area (Å²) in [6, 6.07) is 6.10. The van der Waals surface area contributed by atoms with Gasteiger partial charge in [0.2, 0.25) is 0 Å². The standard InChI is InChI=1S/C15H21NO3/c16-15(5-1-7-17-10-6-15)12-3-4-13-14(11-12)19-9-2-8-18-13/h3-4,11H,1-2,5-10,16H2. The molecule has 2 heterocycles. The van der Waals surface area contributed by atoms with Gasteiger partial charge in [0.05, 0.1) is 13.2 Å². The predicted molar refractivity (Wildman–Crippen MR) is 72.6 cm³/mol. The summed E-state index contributed by atoms with van der Waals surface area (Å²) in [5.74, 6) is 1.65. The molecule has 104 valence electrons. The van der Waals surface area contributed by atoms with E-state index in [1.807, 2.05) is 12.1 Å². The number of fused-ring (bicyclic) bond motifs is 1. The first-order chi connectivity index (χ1) is 9.28. The van der Waals surface area contributed by atoms with E-state index in [9.17, 15) is 0 Å². The Kier molecular flexibility index (Phi) is 3.62. The van der Waals surface area contributed by atoms with Crippen LogP contribution >= 0.6 is 0 Å². The molecular weight excluding hydrogens is 242 g/mol. The maximum Gasteiger partial charge on any atom is 0.161 e. The summed E-state index contributed by atoms with van der Waals surface area (Å²) >= 11 is 0. The number of hydrogen-bond donors (Lipinski definition) is 1. The molecule has 1 unspecified atom stereocenters. The van der Waals surface area contributed by atoms with Gasteiger partial charge >= 0.3 is 0 Å². The summed E-state index contributed by atoms with van der Waals surface area (Å²) in [5, 5.41) is 0. The zero-order valence-corrected chi connectivity index (χ0v) is 11.2. The van der Waals surface area contributed by atoms with Gasteiger partial charge in [0, 0.05) is 25.2 Å². The largest absolute Gasteiger partial charge is 0.490 e. The zero-order chi connectivity index (χ0) is 13.1. The topological polar surface area (TPSA) is 53.7 Å². The maximum absolute atomic E-state index is 6.58. The van der Waals surface area contributed by atoms with Crippen LogP contribution in [0.25, 0.3) is 0 Å². The van der Waals surface area contributed by atoms with Crippen molar-refractivity contribution < 1.29 is 14.2 Å². The Morgan fingerprint density at radius 2 is 1.74 bits per heavy atom. The van der Waals surface area contributed by atoms with Crippen LogP contribution in [0.2, 0.25) is 0 Å². The molecule has 3 rings (SSSR count). The van der Waals surface area contributed by atoms with Crippen LogP contribution < -0.4 is 15.2 Å². The Balaban J connectivity index is 1.89. The highest BCUT2D eigenvalue weighted by Crippen LogP contribution is 2.36. The summed E-state index contributed by atoms with van der Waals surface area (Å²) in [6.45, 7) is 2.96. The Bertz CT molecular complexity index is 439. The van der Waals surface area contributed by atoms with Crippen LogP contribution in [0, 0.1) is 0 Å². The van der Waals surface area contributed by atoms with Gasteiger partial charge in [0.1, 0.15) is 0 Å². The highest BCUT2D eigenvalue weighted by Gasteiger charge is 2.29. The van der Waals surface area contributed by atoms with Gasteiger partial charge in [0.25, 0.3) is 0 Å². The molecule has 1 saturated heterocycles. The molecule has 0 radical (unpaired) electrons. The summed E-state index contributed by atoms with van der Waals surface area (Å²) in [6.07, 6.45) is 3.73. The van der Waals surface area contributed by atoms with Crippen LogP contribution in [0.15, 0.2) is 18.2 Å². The lowest BCUT2D eigenvalue weighted by molar-refractivity contribution is 0.139. The Hall–Kier alpha value is -1.26. The summed E-state index contributed by atoms with van der Waals surface area (Å²) < 4.78 is 16.9. The molecule has 1 aromatic carbocycles. The van der Waals surface area contributed by atoms with E-state index in [1.54, 1.807) is 0 Å². The molecule has 0 saturated carbocycles. The second-order valence-corrected chi connectivity index (χ2v) is 5.33. The van der Waals surface area contributed by atoms with Crippen LogP contribution in [0.3, 0.4) is 0 Å². The van der Waals surface area contributed by atoms with Crippen LogP contribution in [0.5, 0.6) is 11.5 Å². The van der Waals surface area contributed by atoms with Crippen LogP contribution in [-0.2, 0) is 10.3 Å². The van der Waals surface area contributed by atoms with Gasteiger partial charge in [-0.25, -0.2) is 0 Å². The fraction of sp³-hybridized carbons (Fsp3) is 0.600. The minimum Gasteiger partial charge on any atom is -0.490 e. The van der Waals surface area contributed by atoms with E-state index >= 15 is 0 Å². The van der Waals surface area contributed by atoms with E-state index in [2.05, 4.69) is 6.07 Å². The molecule has 2 N–H and O–H groups in total. The first-order valence-corrected chi connectivity index (χ1v) is 7.05. The van der Waals surface area contributed by atoms with Crippen molar-refractivity contribution in [2.45, 2.75) is 31.2 Å². The normalized spacial score (nSPS) is 27.4. The lowest BCUT2D eigenvalue weighted by Gasteiger charge is -2.28. The van der Waals surface area contributed by atoms with Crippen molar-refractivity contribution in [3.05, 3.63) is 23.8 Å². The molecule has 4 heteroatoms. The molecule has 1 aromatic rings. The molecule has 19 heavy (non-hydrogen) atoms. The highest BCUT2D eigenvalue weighted by molar-refractivity contribution is 5.45. The van der Waals surface area contributed by atoms with Crippen molar-refractivity contribution in [3.63, 3.8) is 0 Å². The summed E-state index contributed by atoms with van der Waals surface area (Å²) in [7, 11) is 0. The molecule has 0 aliphatic carbocycles. The van der Waals surface area contributed by atoms with Gasteiger partial charge in [-0.1, -0.05) is 6.07 Å². The van der Waals surface area contributed by atoms with E-state index in [1.165, 1.54) is 0 Å². The van der Waals surface area contributed by atoms with Gasteiger partial charge < -0.3 is 19.9 Å². The lowest BCUT2D eigenvalue weighted by atomic mass is 9.84. The molecule has 2 aliphatic heterocycles. The van der Waals surface area contributed by atoms with E-state index in [-0.39, 0.29) is 5.54 Å². The SMILES string of the molecule is NC1(c2ccc3c(c2)OCCCO3)CCCOCC1. The van der Waals surface area contributed by atoms with Gasteiger partial charge in [-0.2, -0.15) is 0 Å². The van der Waals surface area contributed by atoms with Crippen molar-refractivity contribution in [1.82, 2.24) is 0 Å². The second kappa shape index (κ2) is 5.39. The number of benzene rings is 1. The summed E-state index contributed by atoms with van der Waals surface area (Å²) in [5.41, 5.74) is 7.40. The van der Waals surface area contributed by atoms with Crippen molar-refractivity contribution in [3.8, 4) is 11.5 Å². The van der Waals surface area contributed by atoms with Crippen molar-refractivity contribution in [1.29, 1.82) is 0 Å². The van der Waals surface area contributed by atoms with Crippen molar-refractivity contribution in [2.24, 2.45) is 5.73 Å². The first-order valence-electron chi connectivity index (χ1n) is 7.05. The Morgan fingerprint density at radius 1 is 0.895 bits per heavy atom. The Morgan fingerprint density at radius 3 is 2.63 bits per heavy atom. The average Bonchev–Trinajstić information content (AvgIpc) is 2.78. The van der Waals surface area contributed by atoms with Crippen LogP contribution in [-0.4, -0.2) is 26.4 Å². The van der Waals surface area contributed by atoms with E-state index in [4.69, 9.17) is 19.9 Å². The van der Waals surface area contributed by atoms with Crippen molar-refractivity contribution >= 4 is 0 Å². The van der Waals surface area contributed by atoms with Crippen molar-refractivity contribution in [2.75, 3.05) is 26.4 Å². The maximum atomic E-state index is 6.58. The predicted octanol–water partition coefficient (Wildman–Crippen LogP) is 2.20. The van der Waals surface area contributed by atoms with E-state index < -0.39 is 0 Å². The molecule has 1 fully saturated rings. The van der Waals surface area contributed by atoms with Crippen LogP contribution in [0.4, 0.5) is 0 Å². The molecular formula is C15H21NO3. The third kappa shape index (κ3) is 2.69. The smallest absolute Gasteiger partial charge is 0.161 e. The average molecular weight is 263 g/mol. The third-order valence-electron chi connectivity index (χ3n) is 3.93. The summed E-state index contributed by atoms with van der Waals surface area (Å²) in [4.78, 5) is 0. The molecule has 1 atom stereocenters. The molecule has 0 spiro atoms. The molecule has 0 amide bonds. The highest BCUT2D eigenvalue weighted by atomic mass is 16.5. The second-order valence-electron chi connectivity index (χ2n) is 5.33. The minimum absolute atomic E-state index is 0.304. The zero-order valence-electron chi connectivity index (χ0n) is 11.2. The van der Waals surface area contributed by atoms with E-state index in [0.29, 0.717) is 13.2 Å². The monoisotopic (exact) mass is 263 g/mol. The lowest BCUT2D eigenvalue weighted by Crippen LogP contribution is -2.36. The van der Waals surface area contributed by atoms with Gasteiger partial charge in [-0.15, -0.1) is 0 Å². The number of rotatable bonds is 1. The van der Waals surface area contributed by atoms with Gasteiger partial charge in [-0.05, 0) is 37.0 Å². The molecule has 0 aromatic heterocycles. The number of nitrogens with two attached hydrogens (primary N) is 1.